The second-order valence-electron chi connectivity index (χ2n) is 6.97. The van der Waals surface area contributed by atoms with E-state index >= 15 is 0 Å². The van der Waals surface area contributed by atoms with Crippen LogP contribution in [0.5, 0.6) is 17.4 Å². The lowest BCUT2D eigenvalue weighted by Crippen LogP contribution is -2.33. The minimum atomic E-state index is -1.26. The number of carboxylic acid groups (broad SMARTS) is 2. The normalized spacial score (nSPS) is 15.5. The van der Waals surface area contributed by atoms with Crippen LogP contribution in [-0.2, 0) is 9.59 Å². The van der Waals surface area contributed by atoms with Crippen molar-refractivity contribution in [3.8, 4) is 17.4 Å². The number of rotatable bonds is 7. The van der Waals surface area contributed by atoms with E-state index in [1.165, 1.54) is 12.1 Å². The number of benzene rings is 1. The van der Waals surface area contributed by atoms with Crippen molar-refractivity contribution in [2.75, 3.05) is 19.7 Å². The van der Waals surface area contributed by atoms with E-state index in [2.05, 4.69) is 10.3 Å². The van der Waals surface area contributed by atoms with Crippen LogP contribution in [0.15, 0.2) is 42.5 Å². The highest BCUT2D eigenvalue weighted by Crippen LogP contribution is 2.32. The van der Waals surface area contributed by atoms with Crippen molar-refractivity contribution in [2.45, 2.75) is 19.8 Å². The Kier molecular flexibility index (Phi) is 9.90. The zero-order valence-electron chi connectivity index (χ0n) is 17.4. The lowest BCUT2D eigenvalue weighted by atomic mass is 10.0. The Morgan fingerprint density at radius 1 is 1.22 bits per heavy atom. The third kappa shape index (κ3) is 8.91. The van der Waals surface area contributed by atoms with Gasteiger partial charge in [-0.25, -0.2) is 19.0 Å². The number of carbonyl (C=O) groups is 2. The molecule has 32 heavy (non-hydrogen) atoms. The number of nitrogens with one attached hydrogen (secondary N) is 1. The second kappa shape index (κ2) is 12.6. The van der Waals surface area contributed by atoms with E-state index in [9.17, 15) is 14.0 Å². The Hall–Kier alpha value is -3.17. The summed E-state index contributed by atoms with van der Waals surface area (Å²) in [7, 11) is 0. The molecule has 0 bridgehead atoms. The lowest BCUT2D eigenvalue weighted by molar-refractivity contribution is -0.134. The molecule has 1 aliphatic rings. The molecule has 1 saturated heterocycles. The van der Waals surface area contributed by atoms with Gasteiger partial charge in [-0.05, 0) is 56.6 Å². The number of hydrogen-bond acceptors (Lipinski definition) is 6. The van der Waals surface area contributed by atoms with E-state index in [1.807, 2.05) is 19.1 Å². The molecule has 2 heterocycles. The molecule has 1 aromatic carbocycles. The summed E-state index contributed by atoms with van der Waals surface area (Å²) in [5, 5.41) is 19.3. The van der Waals surface area contributed by atoms with Gasteiger partial charge in [-0.1, -0.05) is 11.6 Å². The smallest absolute Gasteiger partial charge is 0.328 e. The van der Waals surface area contributed by atoms with E-state index < -0.39 is 17.8 Å². The first kappa shape index (κ1) is 25.1. The van der Waals surface area contributed by atoms with E-state index in [1.54, 1.807) is 6.07 Å². The topological polar surface area (TPSA) is 118 Å². The van der Waals surface area contributed by atoms with Crippen molar-refractivity contribution in [3.63, 3.8) is 0 Å². The summed E-state index contributed by atoms with van der Waals surface area (Å²) in [4.78, 5) is 23.4. The van der Waals surface area contributed by atoms with Gasteiger partial charge in [0.25, 0.3) is 5.88 Å². The number of ether oxygens (including phenoxy) is 2. The number of aromatic nitrogens is 1. The molecule has 0 aliphatic carbocycles. The van der Waals surface area contributed by atoms with Gasteiger partial charge in [-0.3, -0.25) is 0 Å². The fourth-order valence-corrected chi connectivity index (χ4v) is 2.94. The Morgan fingerprint density at radius 3 is 2.50 bits per heavy atom. The molecular weight excluding hydrogens is 443 g/mol. The van der Waals surface area contributed by atoms with Crippen LogP contribution in [0.25, 0.3) is 0 Å². The van der Waals surface area contributed by atoms with Crippen molar-refractivity contribution in [2.24, 2.45) is 5.92 Å². The summed E-state index contributed by atoms with van der Waals surface area (Å²) in [6.07, 6.45) is 3.40. The fraction of sp³-hybridized carbons (Fsp3) is 0.318. The molecule has 0 spiro atoms. The van der Waals surface area contributed by atoms with Crippen molar-refractivity contribution >= 4 is 23.5 Å². The number of hydrogen-bond donors (Lipinski definition) is 3. The minimum Gasteiger partial charge on any atom is -0.488 e. The van der Waals surface area contributed by atoms with E-state index in [-0.39, 0.29) is 11.6 Å². The van der Waals surface area contributed by atoms with Gasteiger partial charge in [0.15, 0.2) is 17.3 Å². The van der Waals surface area contributed by atoms with Crippen molar-refractivity contribution in [1.82, 2.24) is 10.3 Å². The standard InChI is InChI=1S/C18H20ClFN2O2.C4H4O4/c1-12-4-6-17(23-11-13-3-2-8-21-10-13)18(22-12)24-16-7-5-14(19)9-15(16)20;5-3(6)1-2-4(7)8/h4-7,9,13,21H,2-3,8,10-11H2,1H3;1-2H,(H,5,6)(H,7,8)/b;2-1+/t13-;/m0./s1. The van der Waals surface area contributed by atoms with Crippen LogP contribution in [0.2, 0.25) is 5.02 Å². The van der Waals surface area contributed by atoms with Crippen LogP contribution in [0.1, 0.15) is 18.5 Å². The first-order valence-corrected chi connectivity index (χ1v) is 10.2. The van der Waals surface area contributed by atoms with E-state index in [0.29, 0.717) is 35.4 Å². The van der Waals surface area contributed by atoms with Crippen molar-refractivity contribution in [3.05, 3.63) is 59.0 Å². The quantitative estimate of drug-likeness (QED) is 0.523. The van der Waals surface area contributed by atoms with Crippen LogP contribution >= 0.6 is 11.6 Å². The highest BCUT2D eigenvalue weighted by atomic mass is 35.5. The molecule has 172 valence electrons. The largest absolute Gasteiger partial charge is 0.488 e. The molecule has 3 N–H and O–H groups in total. The average molecular weight is 467 g/mol. The second-order valence-corrected chi connectivity index (χ2v) is 7.40. The molecule has 1 atom stereocenters. The third-order valence-corrected chi connectivity index (χ3v) is 4.54. The van der Waals surface area contributed by atoms with Gasteiger partial charge in [0.05, 0.1) is 6.61 Å². The van der Waals surface area contributed by atoms with Crippen LogP contribution < -0.4 is 14.8 Å². The van der Waals surface area contributed by atoms with Gasteiger partial charge in [0, 0.05) is 35.3 Å². The van der Waals surface area contributed by atoms with Crippen molar-refractivity contribution < 1.29 is 33.7 Å². The van der Waals surface area contributed by atoms with Gasteiger partial charge in [-0.2, -0.15) is 0 Å². The molecule has 0 amide bonds. The third-order valence-electron chi connectivity index (χ3n) is 4.31. The molecule has 8 nitrogen and oxygen atoms in total. The molecule has 10 heteroatoms. The van der Waals surface area contributed by atoms with Crippen LogP contribution in [-0.4, -0.2) is 46.8 Å². The molecule has 3 rings (SSSR count). The predicted octanol–water partition coefficient (Wildman–Crippen LogP) is 4.07. The first-order chi connectivity index (χ1) is 15.2. The number of carboxylic acids is 2. The Balaban J connectivity index is 0.000000390. The zero-order chi connectivity index (χ0) is 23.5. The highest BCUT2D eigenvalue weighted by Gasteiger charge is 2.17. The molecule has 0 radical (unpaired) electrons. The number of pyridine rings is 1. The van der Waals surface area contributed by atoms with Gasteiger partial charge in [0.2, 0.25) is 0 Å². The SMILES string of the molecule is Cc1ccc(OC[C@H]2CCCNC2)c(Oc2ccc(Cl)cc2F)n1.O=C(O)/C=C/C(=O)O. The number of nitrogens with zero attached hydrogens (tertiary/aromatic N) is 1. The molecule has 0 unspecified atom stereocenters. The highest BCUT2D eigenvalue weighted by molar-refractivity contribution is 6.30. The van der Waals surface area contributed by atoms with Crippen molar-refractivity contribution in [1.29, 1.82) is 0 Å². The summed E-state index contributed by atoms with van der Waals surface area (Å²) in [6, 6.07) is 7.92. The van der Waals surface area contributed by atoms with E-state index in [0.717, 1.165) is 31.6 Å². The number of piperidine rings is 1. The number of halogens is 2. The number of aryl methyl sites for hydroxylation is 1. The summed E-state index contributed by atoms with van der Waals surface area (Å²) in [6.45, 7) is 4.44. The zero-order valence-corrected chi connectivity index (χ0v) is 18.1. The van der Waals surface area contributed by atoms with Crippen LogP contribution in [0.4, 0.5) is 4.39 Å². The summed E-state index contributed by atoms with van der Waals surface area (Å²) in [5.41, 5.74) is 0.769. The average Bonchev–Trinajstić information content (AvgIpc) is 2.75. The molecule has 2 aromatic rings. The molecular formula is C22H24ClFN2O6. The Labute approximate surface area is 189 Å². The maximum absolute atomic E-state index is 14.0. The van der Waals surface area contributed by atoms with Gasteiger partial charge in [0.1, 0.15) is 0 Å². The van der Waals surface area contributed by atoms with Gasteiger partial charge >= 0.3 is 11.9 Å². The summed E-state index contributed by atoms with van der Waals surface area (Å²) < 4.78 is 25.5. The lowest BCUT2D eigenvalue weighted by Gasteiger charge is -2.23. The minimum absolute atomic E-state index is 0.0710. The predicted molar refractivity (Wildman–Crippen MR) is 116 cm³/mol. The van der Waals surface area contributed by atoms with Gasteiger partial charge < -0.3 is 25.0 Å². The monoisotopic (exact) mass is 466 g/mol. The molecule has 0 saturated carbocycles. The summed E-state index contributed by atoms with van der Waals surface area (Å²) in [5.74, 6) is -1.74. The first-order valence-electron chi connectivity index (χ1n) is 9.82. The van der Waals surface area contributed by atoms with E-state index in [4.69, 9.17) is 31.3 Å². The number of aliphatic carboxylic acids is 2. The Morgan fingerprint density at radius 2 is 1.91 bits per heavy atom. The molecule has 1 fully saturated rings. The maximum Gasteiger partial charge on any atom is 0.328 e. The molecule has 1 aliphatic heterocycles. The maximum atomic E-state index is 14.0. The molecule has 1 aromatic heterocycles. The van der Waals surface area contributed by atoms with Gasteiger partial charge in [-0.15, -0.1) is 0 Å². The van der Waals surface area contributed by atoms with Crippen LogP contribution in [0, 0.1) is 18.7 Å². The fourth-order valence-electron chi connectivity index (χ4n) is 2.78. The van der Waals surface area contributed by atoms with Crippen LogP contribution in [0.3, 0.4) is 0 Å². The summed E-state index contributed by atoms with van der Waals surface area (Å²) >= 11 is 5.77. The Bertz CT molecular complexity index is 947.